The van der Waals surface area contributed by atoms with Crippen LogP contribution in [-0.4, -0.2) is 23.6 Å². The van der Waals surface area contributed by atoms with Gasteiger partial charge in [0.1, 0.15) is 0 Å². The van der Waals surface area contributed by atoms with E-state index >= 15 is 0 Å². The van der Waals surface area contributed by atoms with Gasteiger partial charge in [-0.25, -0.2) is 13.2 Å². The molecule has 0 unspecified atom stereocenters. The maximum atomic E-state index is 12.2. The van der Waals surface area contributed by atoms with Crippen LogP contribution in [0.4, 0.5) is 0 Å². The molecule has 94 valence electrons. The summed E-state index contributed by atoms with van der Waals surface area (Å²) < 4.78 is 27.1. The molecule has 1 rings (SSSR count). The van der Waals surface area contributed by atoms with Crippen molar-refractivity contribution < 1.29 is 17.9 Å². The molecule has 7 heteroatoms. The Morgan fingerprint density at radius 3 is 2.29 bits per heavy atom. The van der Waals surface area contributed by atoms with Crippen molar-refractivity contribution in [1.29, 1.82) is 0 Å². The second-order valence-electron chi connectivity index (χ2n) is 3.05. The first-order valence-electron chi connectivity index (χ1n) is 4.68. The summed E-state index contributed by atoms with van der Waals surface area (Å²) in [4.78, 5) is 11.6. The molecule has 4 nitrogen and oxygen atoms in total. The fourth-order valence-corrected chi connectivity index (χ4v) is 3.51. The van der Waals surface area contributed by atoms with Crippen LogP contribution in [0.1, 0.15) is 6.92 Å². The molecule has 0 spiro atoms. The van der Waals surface area contributed by atoms with Crippen LogP contribution < -0.4 is 0 Å². The average Bonchev–Trinajstić information content (AvgIpc) is 2.30. The van der Waals surface area contributed by atoms with Crippen molar-refractivity contribution in [2.45, 2.75) is 14.4 Å². The minimum atomic E-state index is -3.90. The molecular formula is C10H10Br2O4S. The Morgan fingerprint density at radius 2 is 1.82 bits per heavy atom. The van der Waals surface area contributed by atoms with Gasteiger partial charge in [0, 0.05) is 0 Å². The molecule has 0 bridgehead atoms. The van der Waals surface area contributed by atoms with E-state index in [1.807, 2.05) is 0 Å². The van der Waals surface area contributed by atoms with Crippen LogP contribution in [0.25, 0.3) is 0 Å². The molecular weight excluding hydrogens is 376 g/mol. The molecule has 0 radical (unpaired) electrons. The number of hydrogen-bond donors (Lipinski definition) is 0. The van der Waals surface area contributed by atoms with Crippen molar-refractivity contribution in [3.8, 4) is 0 Å². The molecule has 0 aliphatic carbocycles. The van der Waals surface area contributed by atoms with Crippen LogP contribution in [0.3, 0.4) is 0 Å². The SMILES string of the molecule is CCOC(=O)C(Br)(Br)S(=O)(=O)c1ccccc1. The third-order valence-electron chi connectivity index (χ3n) is 1.90. The van der Waals surface area contributed by atoms with E-state index in [0.717, 1.165) is 0 Å². The van der Waals surface area contributed by atoms with Crippen LogP contribution in [0.5, 0.6) is 0 Å². The fraction of sp³-hybridized carbons (Fsp3) is 0.300. The lowest BCUT2D eigenvalue weighted by Crippen LogP contribution is -2.36. The molecule has 0 aromatic heterocycles. The third kappa shape index (κ3) is 2.89. The minimum Gasteiger partial charge on any atom is -0.464 e. The van der Waals surface area contributed by atoms with Gasteiger partial charge in [-0.05, 0) is 50.9 Å². The lowest BCUT2D eigenvalue weighted by Gasteiger charge is -2.18. The normalized spacial score (nSPS) is 12.2. The zero-order valence-electron chi connectivity index (χ0n) is 8.89. The smallest absolute Gasteiger partial charge is 0.350 e. The van der Waals surface area contributed by atoms with Crippen molar-refractivity contribution in [3.63, 3.8) is 0 Å². The van der Waals surface area contributed by atoms with Gasteiger partial charge in [-0.1, -0.05) is 18.2 Å². The van der Waals surface area contributed by atoms with Gasteiger partial charge in [0.25, 0.3) is 2.57 Å². The second-order valence-corrected chi connectivity index (χ2v) is 9.64. The molecule has 0 N–H and O–H groups in total. The highest BCUT2D eigenvalue weighted by atomic mass is 79.9. The maximum Gasteiger partial charge on any atom is 0.350 e. The summed E-state index contributed by atoms with van der Waals surface area (Å²) in [6.07, 6.45) is 0. The second kappa shape index (κ2) is 5.49. The summed E-state index contributed by atoms with van der Waals surface area (Å²) in [5, 5.41) is 0. The number of esters is 1. The number of alkyl halides is 2. The van der Waals surface area contributed by atoms with Crippen LogP contribution in [-0.2, 0) is 19.4 Å². The van der Waals surface area contributed by atoms with Crippen molar-refractivity contribution in [3.05, 3.63) is 30.3 Å². The zero-order chi connectivity index (χ0) is 13.1. The Labute approximate surface area is 117 Å². The van der Waals surface area contributed by atoms with Crippen LogP contribution in [0, 0.1) is 0 Å². The average molecular weight is 386 g/mol. The highest BCUT2D eigenvalue weighted by Gasteiger charge is 2.48. The van der Waals surface area contributed by atoms with Crippen LogP contribution in [0.2, 0.25) is 0 Å². The first kappa shape index (κ1) is 14.7. The van der Waals surface area contributed by atoms with Gasteiger partial charge in [0.2, 0.25) is 9.84 Å². The van der Waals surface area contributed by atoms with Crippen LogP contribution >= 0.6 is 31.9 Å². The number of benzene rings is 1. The number of ether oxygens (including phenoxy) is 1. The Morgan fingerprint density at radius 1 is 1.29 bits per heavy atom. The molecule has 0 aliphatic rings. The Balaban J connectivity index is 3.19. The molecule has 0 saturated carbocycles. The van der Waals surface area contributed by atoms with Gasteiger partial charge in [-0.2, -0.15) is 0 Å². The first-order valence-corrected chi connectivity index (χ1v) is 7.75. The molecule has 17 heavy (non-hydrogen) atoms. The van der Waals surface area contributed by atoms with E-state index in [1.54, 1.807) is 25.1 Å². The summed E-state index contributed by atoms with van der Waals surface area (Å²) >= 11 is 5.72. The predicted octanol–water partition coefficient (Wildman–Crippen LogP) is 2.47. The van der Waals surface area contributed by atoms with E-state index in [1.165, 1.54) is 12.1 Å². The molecule has 0 aliphatic heterocycles. The Kier molecular flexibility index (Phi) is 4.74. The number of hydrogen-bond acceptors (Lipinski definition) is 4. The molecule has 1 aromatic carbocycles. The Bertz CT molecular complexity index is 496. The summed E-state index contributed by atoms with van der Waals surface area (Å²) in [6.45, 7) is 1.70. The van der Waals surface area contributed by atoms with Gasteiger partial charge < -0.3 is 4.74 Å². The van der Waals surface area contributed by atoms with E-state index in [4.69, 9.17) is 4.74 Å². The molecule has 0 saturated heterocycles. The molecule has 1 aromatic rings. The Hall–Kier alpha value is -0.400. The monoisotopic (exact) mass is 384 g/mol. The van der Waals surface area contributed by atoms with Crippen molar-refractivity contribution in [2.24, 2.45) is 0 Å². The van der Waals surface area contributed by atoms with Gasteiger partial charge in [0.15, 0.2) is 0 Å². The first-order chi connectivity index (χ1) is 7.84. The van der Waals surface area contributed by atoms with Gasteiger partial charge in [-0.15, -0.1) is 0 Å². The minimum absolute atomic E-state index is 0.0294. The molecule has 0 atom stereocenters. The summed E-state index contributed by atoms with van der Waals surface area (Å²) in [5.41, 5.74) is 0. The number of halogens is 2. The number of rotatable bonds is 4. The highest BCUT2D eigenvalue weighted by molar-refractivity contribution is 9.28. The molecule has 0 amide bonds. The van der Waals surface area contributed by atoms with E-state index in [9.17, 15) is 13.2 Å². The molecule has 0 heterocycles. The van der Waals surface area contributed by atoms with Crippen molar-refractivity contribution in [1.82, 2.24) is 0 Å². The predicted molar refractivity (Wildman–Crippen MR) is 70.8 cm³/mol. The van der Waals surface area contributed by atoms with Gasteiger partial charge in [-0.3, -0.25) is 0 Å². The number of carbonyl (C=O) groups excluding carboxylic acids is 1. The molecule has 0 fully saturated rings. The van der Waals surface area contributed by atoms with E-state index in [0.29, 0.717) is 0 Å². The van der Waals surface area contributed by atoms with Crippen molar-refractivity contribution in [2.75, 3.05) is 6.61 Å². The van der Waals surface area contributed by atoms with Crippen LogP contribution in [0.15, 0.2) is 35.2 Å². The summed E-state index contributed by atoms with van der Waals surface area (Å²) in [6, 6.07) is 7.66. The van der Waals surface area contributed by atoms with E-state index < -0.39 is 18.4 Å². The largest absolute Gasteiger partial charge is 0.464 e. The number of sulfone groups is 1. The maximum absolute atomic E-state index is 12.2. The quantitative estimate of drug-likeness (QED) is 0.590. The summed E-state index contributed by atoms with van der Waals surface area (Å²) in [7, 11) is -3.90. The number of carbonyl (C=O) groups is 1. The topological polar surface area (TPSA) is 60.4 Å². The highest BCUT2D eigenvalue weighted by Crippen LogP contribution is 2.38. The lowest BCUT2D eigenvalue weighted by atomic mass is 10.4. The summed E-state index contributed by atoms with van der Waals surface area (Å²) in [5.74, 6) is -0.899. The van der Waals surface area contributed by atoms with E-state index in [2.05, 4.69) is 31.9 Å². The zero-order valence-corrected chi connectivity index (χ0v) is 12.9. The lowest BCUT2D eigenvalue weighted by molar-refractivity contribution is -0.141. The third-order valence-corrected chi connectivity index (χ3v) is 6.84. The van der Waals surface area contributed by atoms with Gasteiger partial charge >= 0.3 is 5.97 Å². The van der Waals surface area contributed by atoms with Gasteiger partial charge in [0.05, 0.1) is 11.5 Å². The standard InChI is InChI=1S/C10H10Br2O4S/c1-2-16-9(13)10(11,12)17(14,15)8-6-4-3-5-7-8/h3-7H,2H2,1H3. The van der Waals surface area contributed by atoms with Crippen molar-refractivity contribution >= 4 is 47.7 Å². The van der Waals surface area contributed by atoms with E-state index in [-0.39, 0.29) is 11.5 Å². The fourth-order valence-electron chi connectivity index (χ4n) is 1.07.